The van der Waals surface area contributed by atoms with Crippen molar-refractivity contribution < 1.29 is 9.90 Å². The van der Waals surface area contributed by atoms with Crippen LogP contribution in [0.5, 0.6) is 0 Å². The molecule has 0 radical (unpaired) electrons. The second-order valence-electron chi connectivity index (χ2n) is 4.43. The number of carbonyl (C=O) groups is 1. The van der Waals surface area contributed by atoms with Crippen molar-refractivity contribution in [1.29, 1.82) is 0 Å². The molecule has 88 valence electrons. The predicted molar refractivity (Wildman–Crippen MR) is 60.9 cm³/mol. The van der Waals surface area contributed by atoms with Gasteiger partial charge in [-0.1, -0.05) is 26.7 Å². The molecule has 1 unspecified atom stereocenters. The van der Waals surface area contributed by atoms with Crippen LogP contribution in [0.15, 0.2) is 0 Å². The van der Waals surface area contributed by atoms with Crippen LogP contribution in [0.3, 0.4) is 0 Å². The number of carboxylic acid groups (broad SMARTS) is 1. The van der Waals surface area contributed by atoms with Crippen LogP contribution in [-0.2, 0) is 4.79 Å². The molecule has 1 aliphatic rings. The van der Waals surface area contributed by atoms with Crippen molar-refractivity contribution >= 4 is 5.97 Å². The van der Waals surface area contributed by atoms with Gasteiger partial charge in [-0.05, 0) is 31.8 Å². The van der Waals surface area contributed by atoms with E-state index in [9.17, 15) is 4.79 Å². The first-order chi connectivity index (χ1) is 7.19. The molecule has 0 heterocycles. The highest BCUT2D eigenvalue weighted by Gasteiger charge is 2.30. The summed E-state index contributed by atoms with van der Waals surface area (Å²) in [6.45, 7) is 6.16. The Kier molecular flexibility index (Phi) is 5.09. The molecule has 0 aliphatic heterocycles. The molecule has 0 aromatic carbocycles. The summed E-state index contributed by atoms with van der Waals surface area (Å²) in [7, 11) is 0. The van der Waals surface area contributed by atoms with Crippen molar-refractivity contribution in [2.45, 2.75) is 52.0 Å². The van der Waals surface area contributed by atoms with E-state index in [4.69, 9.17) is 5.11 Å². The van der Waals surface area contributed by atoms with Crippen LogP contribution in [0.25, 0.3) is 0 Å². The molecule has 0 spiro atoms. The summed E-state index contributed by atoms with van der Waals surface area (Å²) in [5.74, 6) is -0.0419. The van der Waals surface area contributed by atoms with Crippen molar-refractivity contribution in [3.63, 3.8) is 0 Å². The summed E-state index contributed by atoms with van der Waals surface area (Å²) in [6.07, 6.45) is 5.30. The highest BCUT2D eigenvalue weighted by Crippen LogP contribution is 2.31. The van der Waals surface area contributed by atoms with Crippen molar-refractivity contribution in [1.82, 2.24) is 4.90 Å². The van der Waals surface area contributed by atoms with Crippen molar-refractivity contribution in [2.75, 3.05) is 13.1 Å². The minimum Gasteiger partial charge on any atom is -0.481 e. The Hall–Kier alpha value is -0.570. The first-order valence-electron chi connectivity index (χ1n) is 6.14. The Bertz CT molecular complexity index is 194. The van der Waals surface area contributed by atoms with E-state index in [2.05, 4.69) is 18.7 Å². The molecule has 0 saturated heterocycles. The third-order valence-electron chi connectivity index (χ3n) is 3.61. The van der Waals surface area contributed by atoms with Gasteiger partial charge >= 0.3 is 5.97 Å². The Morgan fingerprint density at radius 3 is 2.27 bits per heavy atom. The highest BCUT2D eigenvalue weighted by molar-refractivity contribution is 5.67. The monoisotopic (exact) mass is 213 g/mol. The summed E-state index contributed by atoms with van der Waals surface area (Å²) in [5, 5.41) is 8.96. The molecule has 0 aromatic rings. The highest BCUT2D eigenvalue weighted by atomic mass is 16.4. The smallest absolute Gasteiger partial charge is 0.304 e. The van der Waals surface area contributed by atoms with E-state index in [1.54, 1.807) is 0 Å². The fraction of sp³-hybridized carbons (Fsp3) is 0.917. The van der Waals surface area contributed by atoms with Crippen LogP contribution >= 0.6 is 0 Å². The average Bonchev–Trinajstić information content (AvgIpc) is 2.70. The number of nitrogens with zero attached hydrogens (tertiary/aromatic N) is 1. The molecule has 15 heavy (non-hydrogen) atoms. The van der Waals surface area contributed by atoms with Gasteiger partial charge < -0.3 is 10.0 Å². The first kappa shape index (κ1) is 12.5. The topological polar surface area (TPSA) is 40.5 Å². The summed E-state index contributed by atoms with van der Waals surface area (Å²) in [6, 6.07) is 0.264. The van der Waals surface area contributed by atoms with Gasteiger partial charge in [-0.2, -0.15) is 0 Å². The lowest BCUT2D eigenvalue weighted by Gasteiger charge is -2.33. The zero-order chi connectivity index (χ0) is 11.3. The number of rotatable bonds is 6. The maximum absolute atomic E-state index is 10.9. The van der Waals surface area contributed by atoms with Crippen LogP contribution < -0.4 is 0 Å². The number of hydrogen-bond acceptors (Lipinski definition) is 2. The molecule has 3 heteroatoms. The summed E-state index contributed by atoms with van der Waals surface area (Å²) >= 11 is 0. The molecule has 0 aromatic heterocycles. The molecule has 1 atom stereocenters. The van der Waals surface area contributed by atoms with E-state index in [0.29, 0.717) is 12.3 Å². The van der Waals surface area contributed by atoms with Gasteiger partial charge in [0, 0.05) is 6.04 Å². The largest absolute Gasteiger partial charge is 0.481 e. The van der Waals surface area contributed by atoms with Gasteiger partial charge in [0.15, 0.2) is 0 Å². The molecular formula is C12H23NO2. The van der Waals surface area contributed by atoms with Gasteiger partial charge in [-0.3, -0.25) is 4.79 Å². The predicted octanol–water partition coefficient (Wildman–Crippen LogP) is 2.36. The Balaban J connectivity index is 2.61. The van der Waals surface area contributed by atoms with Crippen molar-refractivity contribution in [2.24, 2.45) is 5.92 Å². The minimum atomic E-state index is -0.654. The molecule has 1 saturated carbocycles. The lowest BCUT2D eigenvalue weighted by Crippen LogP contribution is -2.41. The Labute approximate surface area is 92.5 Å². The lowest BCUT2D eigenvalue weighted by atomic mass is 9.94. The number of aliphatic carboxylic acids is 1. The van der Waals surface area contributed by atoms with E-state index in [1.165, 1.54) is 25.7 Å². The second kappa shape index (κ2) is 6.11. The fourth-order valence-corrected chi connectivity index (χ4v) is 2.81. The Morgan fingerprint density at radius 2 is 1.87 bits per heavy atom. The minimum absolute atomic E-state index is 0.264. The molecule has 1 fully saturated rings. The van der Waals surface area contributed by atoms with Gasteiger partial charge in [-0.25, -0.2) is 0 Å². The molecule has 3 nitrogen and oxygen atoms in total. The van der Waals surface area contributed by atoms with E-state index in [1.807, 2.05) is 0 Å². The summed E-state index contributed by atoms with van der Waals surface area (Å²) in [5.41, 5.74) is 0. The zero-order valence-corrected chi connectivity index (χ0v) is 9.91. The maximum Gasteiger partial charge on any atom is 0.304 e. The zero-order valence-electron chi connectivity index (χ0n) is 9.91. The molecule has 1 rings (SSSR count). The SMILES string of the molecule is CCN(CC)C(CC(=O)O)C1CCCC1. The van der Waals surface area contributed by atoms with Gasteiger partial charge in [0.2, 0.25) is 0 Å². The van der Waals surface area contributed by atoms with Crippen LogP contribution in [0.2, 0.25) is 0 Å². The third kappa shape index (κ3) is 3.49. The van der Waals surface area contributed by atoms with Gasteiger partial charge in [0.05, 0.1) is 6.42 Å². The van der Waals surface area contributed by atoms with E-state index in [0.717, 1.165) is 13.1 Å². The maximum atomic E-state index is 10.9. The molecule has 1 N–H and O–H groups in total. The van der Waals surface area contributed by atoms with Crippen molar-refractivity contribution in [3.8, 4) is 0 Å². The molecule has 0 bridgehead atoms. The Morgan fingerprint density at radius 1 is 1.33 bits per heavy atom. The third-order valence-corrected chi connectivity index (χ3v) is 3.61. The van der Waals surface area contributed by atoms with Crippen LogP contribution in [0, 0.1) is 5.92 Å². The molecular weight excluding hydrogens is 190 g/mol. The van der Waals surface area contributed by atoms with Gasteiger partial charge in [0.1, 0.15) is 0 Å². The molecule has 0 amide bonds. The van der Waals surface area contributed by atoms with E-state index in [-0.39, 0.29) is 6.04 Å². The standard InChI is InChI=1S/C12H23NO2/c1-3-13(4-2)11(9-12(14)15)10-7-5-6-8-10/h10-11H,3-9H2,1-2H3,(H,14,15). The molecule has 1 aliphatic carbocycles. The van der Waals surface area contributed by atoms with E-state index < -0.39 is 5.97 Å². The second-order valence-corrected chi connectivity index (χ2v) is 4.43. The van der Waals surface area contributed by atoms with Crippen LogP contribution in [-0.4, -0.2) is 35.1 Å². The van der Waals surface area contributed by atoms with Crippen LogP contribution in [0.1, 0.15) is 46.0 Å². The fourth-order valence-electron chi connectivity index (χ4n) is 2.81. The van der Waals surface area contributed by atoms with E-state index >= 15 is 0 Å². The van der Waals surface area contributed by atoms with Gasteiger partial charge in [-0.15, -0.1) is 0 Å². The quantitative estimate of drug-likeness (QED) is 0.736. The normalized spacial score (nSPS) is 19.7. The summed E-state index contributed by atoms with van der Waals surface area (Å²) < 4.78 is 0. The number of hydrogen-bond donors (Lipinski definition) is 1. The average molecular weight is 213 g/mol. The first-order valence-corrected chi connectivity index (χ1v) is 6.14. The number of carboxylic acids is 1. The van der Waals surface area contributed by atoms with Crippen molar-refractivity contribution in [3.05, 3.63) is 0 Å². The van der Waals surface area contributed by atoms with Gasteiger partial charge in [0.25, 0.3) is 0 Å². The lowest BCUT2D eigenvalue weighted by molar-refractivity contribution is -0.139. The summed E-state index contributed by atoms with van der Waals surface area (Å²) in [4.78, 5) is 13.2. The van der Waals surface area contributed by atoms with Crippen LogP contribution in [0.4, 0.5) is 0 Å².